The fourth-order valence-electron chi connectivity index (χ4n) is 12.3. The molecule has 12 aromatic rings. The average Bonchev–Trinajstić information content (AvgIpc) is 3.88. The van der Waals surface area contributed by atoms with Crippen LogP contribution < -0.4 is 9.64 Å². The SMILES string of the molecule is c1ccc(-c2ccccc2N(c2ccc3c(c2)-c2ccccc2-c2ccccc2O3)c2ccc3c(c2)-c2ccccc2-c2ccccc2C32c3ccccc3-c3c2ccc2c3sc3ccccc32)cc1. The number of benzene rings is 11. The van der Waals surface area contributed by atoms with Gasteiger partial charge >= 0.3 is 0 Å². The molecule has 326 valence electrons. The van der Waals surface area contributed by atoms with E-state index in [0.717, 1.165) is 61.9 Å². The van der Waals surface area contributed by atoms with Crippen LogP contribution in [0.15, 0.2) is 249 Å². The van der Waals surface area contributed by atoms with Crippen LogP contribution in [-0.4, -0.2) is 0 Å². The van der Waals surface area contributed by atoms with Gasteiger partial charge in [0, 0.05) is 53.8 Å². The first-order valence-corrected chi connectivity index (χ1v) is 24.9. The van der Waals surface area contributed by atoms with Crippen LogP contribution in [0.3, 0.4) is 0 Å². The lowest BCUT2D eigenvalue weighted by molar-refractivity contribution is 0.488. The first kappa shape index (κ1) is 39.3. The largest absolute Gasteiger partial charge is 0.456 e. The van der Waals surface area contributed by atoms with Crippen LogP contribution in [0.5, 0.6) is 11.5 Å². The van der Waals surface area contributed by atoms with Gasteiger partial charge in [0.05, 0.1) is 11.1 Å². The van der Waals surface area contributed by atoms with Crippen LogP contribution in [0.2, 0.25) is 0 Å². The normalized spacial score (nSPS) is 14.5. The van der Waals surface area contributed by atoms with Crippen molar-refractivity contribution >= 4 is 48.6 Å². The number of nitrogens with zero attached hydrogens (tertiary/aromatic N) is 1. The second-order valence-corrected chi connectivity index (χ2v) is 19.7. The minimum absolute atomic E-state index is 0.618. The first-order valence-electron chi connectivity index (χ1n) is 24.1. The second-order valence-electron chi connectivity index (χ2n) is 18.6. The number of hydrogen-bond acceptors (Lipinski definition) is 3. The fourth-order valence-corrected chi connectivity index (χ4v) is 13.5. The van der Waals surface area contributed by atoms with Crippen molar-refractivity contribution in [3.8, 4) is 78.3 Å². The van der Waals surface area contributed by atoms with Crippen molar-refractivity contribution in [3.63, 3.8) is 0 Å². The van der Waals surface area contributed by atoms with Crippen LogP contribution in [0.1, 0.15) is 22.3 Å². The Morgan fingerprint density at radius 2 is 0.843 bits per heavy atom. The molecule has 0 N–H and O–H groups in total. The molecular formula is C67H41NOS. The first-order chi connectivity index (χ1) is 34.7. The van der Waals surface area contributed by atoms with Crippen LogP contribution >= 0.6 is 11.3 Å². The number of rotatable bonds is 4. The van der Waals surface area contributed by atoms with Gasteiger partial charge in [-0.1, -0.05) is 200 Å². The Balaban J connectivity index is 1.03. The minimum Gasteiger partial charge on any atom is -0.456 e. The Kier molecular flexibility index (Phi) is 8.48. The van der Waals surface area contributed by atoms with Gasteiger partial charge in [-0.05, 0) is 115 Å². The summed E-state index contributed by atoms with van der Waals surface area (Å²) in [7, 11) is 0. The highest BCUT2D eigenvalue weighted by Gasteiger charge is 2.50. The summed E-state index contributed by atoms with van der Waals surface area (Å²) in [6, 6.07) is 92.0. The molecule has 70 heavy (non-hydrogen) atoms. The molecule has 2 nitrogen and oxygen atoms in total. The van der Waals surface area contributed by atoms with E-state index in [4.69, 9.17) is 4.74 Å². The molecule has 2 aliphatic carbocycles. The van der Waals surface area contributed by atoms with Crippen LogP contribution in [0, 0.1) is 0 Å². The third-order valence-corrected chi connectivity index (χ3v) is 16.3. The topological polar surface area (TPSA) is 12.5 Å². The van der Waals surface area contributed by atoms with Crippen LogP contribution in [0.4, 0.5) is 17.1 Å². The van der Waals surface area contributed by atoms with Crippen molar-refractivity contribution in [2.45, 2.75) is 5.41 Å². The standard InChI is InChI=1S/C67H41NOS/c1-2-18-42(19-3-1)45-20-10-15-31-61(45)68(44-35-39-63-56(41-44)49-24-7-5-22-47(49)51-26-11-16-32-62(51)69-63)43-34-37-59-55(40-43)48-23-6-4-21-46(48)50-25-8-13-29-57(50)67(59)58-30-14-9-28-54(58)65-60(67)38-36-53-52-27-12-17-33-64(52)70-66(53)65/h1-41H. The summed E-state index contributed by atoms with van der Waals surface area (Å²) in [6.07, 6.45) is 0. The Labute approximate surface area is 410 Å². The van der Waals surface area contributed by atoms with E-state index >= 15 is 0 Å². The molecule has 3 aliphatic rings. The van der Waals surface area contributed by atoms with Crippen molar-refractivity contribution in [1.82, 2.24) is 0 Å². The molecule has 1 atom stereocenters. The van der Waals surface area contributed by atoms with Gasteiger partial charge in [-0.3, -0.25) is 0 Å². The van der Waals surface area contributed by atoms with Crippen molar-refractivity contribution in [2.24, 2.45) is 0 Å². The molecule has 1 aliphatic heterocycles. The molecule has 3 heteroatoms. The number of thiophene rings is 1. The Morgan fingerprint density at radius 1 is 0.329 bits per heavy atom. The molecular weight excluding hydrogens is 867 g/mol. The van der Waals surface area contributed by atoms with Crippen LogP contribution in [0.25, 0.3) is 86.9 Å². The minimum atomic E-state index is -0.618. The highest BCUT2D eigenvalue weighted by Crippen LogP contribution is 2.64. The van der Waals surface area contributed by atoms with E-state index in [1.54, 1.807) is 0 Å². The summed E-state index contributed by atoms with van der Waals surface area (Å²) in [6.45, 7) is 0. The number of anilines is 3. The third kappa shape index (κ3) is 5.49. The molecule has 0 amide bonds. The molecule has 0 bridgehead atoms. The average molecular weight is 908 g/mol. The van der Waals surface area contributed by atoms with Gasteiger partial charge in [0.25, 0.3) is 0 Å². The van der Waals surface area contributed by atoms with Gasteiger partial charge in [0.2, 0.25) is 0 Å². The molecule has 1 spiro atoms. The van der Waals surface area contributed by atoms with Gasteiger partial charge in [-0.15, -0.1) is 11.3 Å². The molecule has 0 radical (unpaired) electrons. The number of ether oxygens (including phenoxy) is 1. The summed E-state index contributed by atoms with van der Waals surface area (Å²) in [5.41, 5.74) is 22.1. The molecule has 2 heterocycles. The zero-order valence-corrected chi connectivity index (χ0v) is 38.8. The molecule has 11 aromatic carbocycles. The summed E-state index contributed by atoms with van der Waals surface area (Å²) >= 11 is 1.92. The lowest BCUT2D eigenvalue weighted by Crippen LogP contribution is -2.29. The zero-order valence-electron chi connectivity index (χ0n) is 37.9. The smallest absolute Gasteiger partial charge is 0.135 e. The monoisotopic (exact) mass is 907 g/mol. The number of fused-ring (bicyclic) bond motifs is 21. The maximum absolute atomic E-state index is 6.82. The molecule has 1 aromatic heterocycles. The number of para-hydroxylation sites is 2. The Hall–Kier alpha value is -8.76. The molecule has 0 saturated heterocycles. The van der Waals surface area contributed by atoms with E-state index in [1.165, 1.54) is 75.8 Å². The fraction of sp³-hybridized carbons (Fsp3) is 0.0149. The third-order valence-electron chi connectivity index (χ3n) is 15.1. The second kappa shape index (κ2) is 15.1. The van der Waals surface area contributed by atoms with E-state index in [9.17, 15) is 0 Å². The zero-order chi connectivity index (χ0) is 45.9. The maximum atomic E-state index is 6.82. The molecule has 1 unspecified atom stereocenters. The predicted molar refractivity (Wildman–Crippen MR) is 292 cm³/mol. The highest BCUT2D eigenvalue weighted by molar-refractivity contribution is 7.26. The summed E-state index contributed by atoms with van der Waals surface area (Å²) in [5, 5.41) is 2.63. The van der Waals surface area contributed by atoms with Gasteiger partial charge in [0.15, 0.2) is 0 Å². The van der Waals surface area contributed by atoms with Crippen molar-refractivity contribution < 1.29 is 4.74 Å². The van der Waals surface area contributed by atoms with Gasteiger partial charge < -0.3 is 9.64 Å². The lowest BCUT2D eigenvalue weighted by atomic mass is 9.66. The molecule has 0 saturated carbocycles. The highest BCUT2D eigenvalue weighted by atomic mass is 32.1. The number of hydrogen-bond donors (Lipinski definition) is 0. The predicted octanol–water partition coefficient (Wildman–Crippen LogP) is 18.6. The van der Waals surface area contributed by atoms with E-state index in [0.29, 0.717) is 0 Å². The van der Waals surface area contributed by atoms with E-state index in [1.807, 2.05) is 11.3 Å². The van der Waals surface area contributed by atoms with Gasteiger partial charge in [0.1, 0.15) is 11.5 Å². The summed E-state index contributed by atoms with van der Waals surface area (Å²) in [4.78, 5) is 2.47. The van der Waals surface area contributed by atoms with Gasteiger partial charge in [-0.25, -0.2) is 0 Å². The van der Waals surface area contributed by atoms with E-state index in [2.05, 4.69) is 254 Å². The summed E-state index contributed by atoms with van der Waals surface area (Å²) < 4.78 is 9.48. The van der Waals surface area contributed by atoms with Crippen molar-refractivity contribution in [2.75, 3.05) is 4.90 Å². The maximum Gasteiger partial charge on any atom is 0.135 e. The van der Waals surface area contributed by atoms with E-state index in [-0.39, 0.29) is 0 Å². The van der Waals surface area contributed by atoms with Gasteiger partial charge in [-0.2, -0.15) is 0 Å². The Morgan fingerprint density at radius 3 is 1.63 bits per heavy atom. The quantitative estimate of drug-likeness (QED) is 0.174. The van der Waals surface area contributed by atoms with Crippen molar-refractivity contribution in [3.05, 3.63) is 271 Å². The Bertz CT molecular complexity index is 4130. The van der Waals surface area contributed by atoms with Crippen LogP contribution in [-0.2, 0) is 5.41 Å². The molecule has 0 fully saturated rings. The van der Waals surface area contributed by atoms with Crippen molar-refractivity contribution in [1.29, 1.82) is 0 Å². The summed E-state index contributed by atoms with van der Waals surface area (Å²) in [5.74, 6) is 1.69. The molecule has 15 rings (SSSR count). The van der Waals surface area contributed by atoms with E-state index < -0.39 is 5.41 Å². The lowest BCUT2D eigenvalue weighted by Gasteiger charge is -2.36.